The first-order chi connectivity index (χ1) is 13.5. The smallest absolute Gasteiger partial charge is 0.264 e. The Hall–Kier alpha value is -2.36. The number of fused-ring (bicyclic) bond motifs is 1. The number of hydrogen-bond donors (Lipinski definition) is 1. The molecule has 9 heteroatoms. The summed E-state index contributed by atoms with van der Waals surface area (Å²) in [5.41, 5.74) is 0.914. The van der Waals surface area contributed by atoms with Crippen LogP contribution in [0.15, 0.2) is 35.4 Å². The minimum absolute atomic E-state index is 0.0204. The van der Waals surface area contributed by atoms with Crippen LogP contribution < -0.4 is 5.32 Å². The van der Waals surface area contributed by atoms with Crippen LogP contribution in [0, 0.1) is 6.92 Å². The van der Waals surface area contributed by atoms with E-state index in [2.05, 4.69) is 38.6 Å². The van der Waals surface area contributed by atoms with E-state index < -0.39 is 0 Å². The SMILES string of the molecule is Cc1c(C(=O)N(C)Cc2nccs2)sc2ncnc(NC(C)c3cccs3)c12. The number of aryl methyl sites for hydroxylation is 1. The van der Waals surface area contributed by atoms with Gasteiger partial charge in [-0.15, -0.1) is 34.0 Å². The first-order valence-corrected chi connectivity index (χ1v) is 11.3. The van der Waals surface area contributed by atoms with Gasteiger partial charge in [0.15, 0.2) is 0 Å². The van der Waals surface area contributed by atoms with Gasteiger partial charge in [-0.25, -0.2) is 15.0 Å². The van der Waals surface area contributed by atoms with E-state index in [-0.39, 0.29) is 11.9 Å². The molecule has 28 heavy (non-hydrogen) atoms. The summed E-state index contributed by atoms with van der Waals surface area (Å²) in [5.74, 6) is 0.745. The Kier molecular flexibility index (Phi) is 5.38. The largest absolute Gasteiger partial charge is 0.362 e. The lowest BCUT2D eigenvalue weighted by molar-refractivity contribution is 0.0789. The zero-order valence-corrected chi connectivity index (χ0v) is 18.1. The first kappa shape index (κ1) is 19.0. The summed E-state index contributed by atoms with van der Waals surface area (Å²) in [7, 11) is 1.80. The van der Waals surface area contributed by atoms with Gasteiger partial charge in [0, 0.05) is 23.5 Å². The first-order valence-electron chi connectivity index (χ1n) is 8.72. The fourth-order valence-electron chi connectivity index (χ4n) is 2.98. The van der Waals surface area contributed by atoms with E-state index in [0.717, 1.165) is 26.6 Å². The molecule has 144 valence electrons. The van der Waals surface area contributed by atoms with Gasteiger partial charge in [0.05, 0.1) is 22.8 Å². The summed E-state index contributed by atoms with van der Waals surface area (Å²) in [4.78, 5) is 30.6. The molecule has 0 aliphatic rings. The van der Waals surface area contributed by atoms with Crippen LogP contribution in [-0.4, -0.2) is 32.8 Å². The maximum absolute atomic E-state index is 13.0. The van der Waals surface area contributed by atoms with Crippen molar-refractivity contribution in [2.24, 2.45) is 0 Å². The average Bonchev–Trinajstić information content (AvgIpc) is 3.43. The average molecular weight is 430 g/mol. The van der Waals surface area contributed by atoms with Crippen molar-refractivity contribution in [3.63, 3.8) is 0 Å². The minimum atomic E-state index is -0.0204. The highest BCUT2D eigenvalue weighted by Crippen LogP contribution is 2.35. The normalized spacial score (nSPS) is 12.2. The minimum Gasteiger partial charge on any atom is -0.362 e. The van der Waals surface area contributed by atoms with Crippen molar-refractivity contribution in [3.05, 3.63) is 55.7 Å². The lowest BCUT2D eigenvalue weighted by Gasteiger charge is -2.15. The van der Waals surface area contributed by atoms with Gasteiger partial charge in [0.1, 0.15) is 22.0 Å². The van der Waals surface area contributed by atoms with Crippen LogP contribution in [0.4, 0.5) is 5.82 Å². The molecule has 0 aliphatic carbocycles. The third kappa shape index (κ3) is 3.65. The van der Waals surface area contributed by atoms with Gasteiger partial charge < -0.3 is 10.2 Å². The topological polar surface area (TPSA) is 71.0 Å². The number of hydrogen-bond acceptors (Lipinski definition) is 8. The Labute approximate surface area is 174 Å². The van der Waals surface area contributed by atoms with Crippen LogP contribution in [0.5, 0.6) is 0 Å². The molecule has 0 aromatic carbocycles. The third-order valence-corrected chi connectivity index (χ3v) is 7.45. The molecule has 4 rings (SSSR count). The van der Waals surface area contributed by atoms with E-state index in [1.165, 1.54) is 16.2 Å². The predicted molar refractivity (Wildman–Crippen MR) is 116 cm³/mol. The van der Waals surface area contributed by atoms with E-state index >= 15 is 0 Å². The molecule has 0 saturated heterocycles. The second kappa shape index (κ2) is 7.94. The van der Waals surface area contributed by atoms with Gasteiger partial charge in [0.2, 0.25) is 0 Å². The molecule has 4 aromatic heterocycles. The molecule has 0 saturated carbocycles. The number of thiazole rings is 1. The highest BCUT2D eigenvalue weighted by atomic mass is 32.1. The van der Waals surface area contributed by atoms with E-state index in [4.69, 9.17) is 0 Å². The maximum atomic E-state index is 13.0. The fourth-order valence-corrected chi connectivity index (χ4v) is 5.52. The second-order valence-corrected chi connectivity index (χ2v) is 9.38. The molecule has 4 aromatic rings. The van der Waals surface area contributed by atoms with Gasteiger partial charge >= 0.3 is 0 Å². The predicted octanol–water partition coefficient (Wildman–Crippen LogP) is 4.96. The molecule has 0 fully saturated rings. The Morgan fingerprint density at radius 2 is 2.11 bits per heavy atom. The van der Waals surface area contributed by atoms with E-state index in [1.807, 2.05) is 18.4 Å². The van der Waals surface area contributed by atoms with E-state index in [0.29, 0.717) is 11.4 Å². The van der Waals surface area contributed by atoms with Crippen LogP contribution in [0.25, 0.3) is 10.2 Å². The van der Waals surface area contributed by atoms with Crippen LogP contribution in [-0.2, 0) is 6.54 Å². The standard InChI is InChI=1S/C19H19N5OS3/c1-11-15-17(23-12(2)13-5-4-7-26-13)21-10-22-18(15)28-16(11)19(25)24(3)9-14-20-6-8-27-14/h4-8,10,12H,9H2,1-3H3,(H,21,22,23). The van der Waals surface area contributed by atoms with Gasteiger partial charge in [-0.2, -0.15) is 0 Å². The van der Waals surface area contributed by atoms with Gasteiger partial charge in [-0.3, -0.25) is 4.79 Å². The van der Waals surface area contributed by atoms with E-state index in [1.54, 1.807) is 47.1 Å². The zero-order valence-electron chi connectivity index (χ0n) is 15.7. The lowest BCUT2D eigenvalue weighted by atomic mass is 10.1. The number of amides is 1. The van der Waals surface area contributed by atoms with Gasteiger partial charge in [-0.05, 0) is 30.9 Å². The quantitative estimate of drug-likeness (QED) is 0.469. The molecule has 1 amide bonds. The number of nitrogens with zero attached hydrogens (tertiary/aromatic N) is 4. The zero-order chi connectivity index (χ0) is 19.7. The second-order valence-electron chi connectivity index (χ2n) is 6.43. The molecule has 1 unspecified atom stereocenters. The summed E-state index contributed by atoms with van der Waals surface area (Å²) < 4.78 is 0. The van der Waals surface area contributed by atoms with Crippen molar-refractivity contribution in [3.8, 4) is 0 Å². The van der Waals surface area contributed by atoms with Crippen molar-refractivity contribution in [1.82, 2.24) is 19.9 Å². The summed E-state index contributed by atoms with van der Waals surface area (Å²) >= 11 is 4.67. The van der Waals surface area contributed by atoms with Gasteiger partial charge in [0.25, 0.3) is 5.91 Å². The van der Waals surface area contributed by atoms with Crippen LogP contribution in [0.1, 0.15) is 38.1 Å². The lowest BCUT2D eigenvalue weighted by Crippen LogP contribution is -2.25. The molecule has 0 bridgehead atoms. The van der Waals surface area contributed by atoms with Gasteiger partial charge in [-0.1, -0.05) is 6.07 Å². The van der Waals surface area contributed by atoms with Crippen molar-refractivity contribution in [2.45, 2.75) is 26.4 Å². The molecule has 1 N–H and O–H groups in total. The Morgan fingerprint density at radius 1 is 1.25 bits per heavy atom. The third-order valence-electron chi connectivity index (χ3n) is 4.45. The number of anilines is 1. The number of aromatic nitrogens is 3. The summed E-state index contributed by atoms with van der Waals surface area (Å²) in [6.45, 7) is 4.57. The van der Waals surface area contributed by atoms with Crippen molar-refractivity contribution < 1.29 is 4.79 Å². The molecular weight excluding hydrogens is 410 g/mol. The number of rotatable bonds is 6. The Balaban J connectivity index is 1.64. The number of nitrogens with one attached hydrogen (secondary N) is 1. The molecular formula is C19H19N5OS3. The number of carbonyl (C=O) groups excluding carboxylic acids is 1. The van der Waals surface area contributed by atoms with Crippen LogP contribution >= 0.6 is 34.0 Å². The van der Waals surface area contributed by atoms with Crippen molar-refractivity contribution in [1.29, 1.82) is 0 Å². The molecule has 0 spiro atoms. The molecule has 0 aliphatic heterocycles. The molecule has 4 heterocycles. The Morgan fingerprint density at radius 3 is 2.82 bits per heavy atom. The van der Waals surface area contributed by atoms with E-state index in [9.17, 15) is 4.79 Å². The Bertz CT molecular complexity index is 1090. The number of carbonyl (C=O) groups is 1. The van der Waals surface area contributed by atoms with Crippen LogP contribution in [0.2, 0.25) is 0 Å². The molecule has 0 radical (unpaired) electrons. The highest BCUT2D eigenvalue weighted by Gasteiger charge is 2.23. The molecule has 1 atom stereocenters. The van der Waals surface area contributed by atoms with Crippen LogP contribution in [0.3, 0.4) is 0 Å². The van der Waals surface area contributed by atoms with Crippen molar-refractivity contribution >= 4 is 56.0 Å². The summed E-state index contributed by atoms with van der Waals surface area (Å²) in [5, 5.41) is 9.30. The maximum Gasteiger partial charge on any atom is 0.264 e. The van der Waals surface area contributed by atoms with Crippen molar-refractivity contribution in [2.75, 3.05) is 12.4 Å². The summed E-state index contributed by atoms with van der Waals surface area (Å²) in [6.07, 6.45) is 3.31. The summed E-state index contributed by atoms with van der Waals surface area (Å²) in [6, 6.07) is 4.27. The highest BCUT2D eigenvalue weighted by molar-refractivity contribution is 7.20. The number of thiophene rings is 2. The fraction of sp³-hybridized carbons (Fsp3) is 0.263. The monoisotopic (exact) mass is 429 g/mol. The molecule has 6 nitrogen and oxygen atoms in total.